The Bertz CT molecular complexity index is 492. The van der Waals surface area contributed by atoms with Crippen molar-refractivity contribution in [3.63, 3.8) is 0 Å². The number of ketones is 1. The monoisotopic (exact) mass is 286 g/mol. The smallest absolute Gasteiger partial charge is 0.168 e. The molecular weight excluding hydrogens is 260 g/mol. The third-order valence-electron chi connectivity index (χ3n) is 5.18. The molecule has 2 aliphatic carbocycles. The minimum absolute atomic E-state index is 0.184. The molecule has 3 rings (SSSR count). The van der Waals surface area contributed by atoms with Crippen LogP contribution in [-0.2, 0) is 9.53 Å². The second-order valence-corrected chi connectivity index (χ2v) is 6.85. The van der Waals surface area contributed by atoms with Gasteiger partial charge in [0.2, 0.25) is 0 Å². The van der Waals surface area contributed by atoms with Gasteiger partial charge in [0.1, 0.15) is 5.60 Å². The van der Waals surface area contributed by atoms with Gasteiger partial charge in [-0.2, -0.15) is 0 Å². The summed E-state index contributed by atoms with van der Waals surface area (Å²) in [5.41, 5.74) is 0.826. The number of hydrogen-bond donors (Lipinski definition) is 0. The average Bonchev–Trinajstić information content (AvgIpc) is 3.28. The molecule has 0 heterocycles. The molecule has 0 amide bonds. The van der Waals surface area contributed by atoms with E-state index >= 15 is 0 Å². The molecule has 0 N–H and O–H groups in total. The first-order chi connectivity index (χ1) is 10.2. The molecule has 0 radical (unpaired) electrons. The second kappa shape index (κ2) is 5.92. The first-order valence-electron chi connectivity index (χ1n) is 8.39. The van der Waals surface area contributed by atoms with E-state index in [9.17, 15) is 4.79 Å². The van der Waals surface area contributed by atoms with Crippen LogP contribution in [-0.4, -0.2) is 18.0 Å². The van der Waals surface area contributed by atoms with Gasteiger partial charge in [-0.05, 0) is 50.0 Å². The summed E-state index contributed by atoms with van der Waals surface area (Å²) < 4.78 is 6.04. The van der Waals surface area contributed by atoms with Gasteiger partial charge in [0.15, 0.2) is 5.78 Å². The van der Waals surface area contributed by atoms with Crippen molar-refractivity contribution in [3.8, 4) is 0 Å². The quantitative estimate of drug-likeness (QED) is 0.804. The average molecular weight is 286 g/mol. The zero-order valence-electron chi connectivity index (χ0n) is 13.2. The van der Waals surface area contributed by atoms with Gasteiger partial charge >= 0.3 is 0 Å². The minimum atomic E-state index is -0.486. The van der Waals surface area contributed by atoms with Crippen LogP contribution in [0.15, 0.2) is 30.3 Å². The van der Waals surface area contributed by atoms with E-state index in [1.807, 2.05) is 13.0 Å². The van der Waals surface area contributed by atoms with Gasteiger partial charge in [-0.3, -0.25) is 4.79 Å². The molecule has 114 valence electrons. The maximum atomic E-state index is 13.1. The van der Waals surface area contributed by atoms with Crippen LogP contribution in [0.2, 0.25) is 0 Å². The molecule has 2 aliphatic rings. The van der Waals surface area contributed by atoms with Crippen molar-refractivity contribution in [3.05, 3.63) is 35.9 Å². The van der Waals surface area contributed by atoms with E-state index in [1.54, 1.807) is 0 Å². The number of hydrogen-bond acceptors (Lipinski definition) is 2. The SMILES string of the molecule is CCOC1(C(=O)C2CC2c2ccccc2)CCCC(C)C1. The molecule has 0 bridgehead atoms. The van der Waals surface area contributed by atoms with E-state index in [0.29, 0.717) is 24.2 Å². The Balaban J connectivity index is 1.74. The molecule has 4 atom stereocenters. The Morgan fingerprint density at radius 2 is 2.10 bits per heavy atom. The third-order valence-corrected chi connectivity index (χ3v) is 5.18. The molecular formula is C19H26O2. The normalized spacial score (nSPS) is 35.4. The minimum Gasteiger partial charge on any atom is -0.367 e. The van der Waals surface area contributed by atoms with Crippen LogP contribution in [0.4, 0.5) is 0 Å². The van der Waals surface area contributed by atoms with Crippen LogP contribution < -0.4 is 0 Å². The van der Waals surface area contributed by atoms with Crippen molar-refractivity contribution < 1.29 is 9.53 Å². The second-order valence-electron chi connectivity index (χ2n) is 6.85. The van der Waals surface area contributed by atoms with Crippen molar-refractivity contribution in [2.75, 3.05) is 6.61 Å². The molecule has 0 spiro atoms. The number of benzene rings is 1. The summed E-state index contributed by atoms with van der Waals surface area (Å²) in [6.45, 7) is 4.90. The summed E-state index contributed by atoms with van der Waals surface area (Å²) in [6.07, 6.45) is 5.19. The number of rotatable bonds is 5. The standard InChI is InChI=1S/C19H26O2/c1-3-21-19(11-7-8-14(2)13-19)18(20)17-12-16(17)15-9-5-4-6-10-15/h4-6,9-10,14,16-17H,3,7-8,11-13H2,1-2H3. The highest BCUT2D eigenvalue weighted by Crippen LogP contribution is 2.52. The van der Waals surface area contributed by atoms with Gasteiger partial charge < -0.3 is 4.74 Å². The Kier molecular flexibility index (Phi) is 4.17. The van der Waals surface area contributed by atoms with Crippen LogP contribution in [0.25, 0.3) is 0 Å². The Morgan fingerprint density at radius 3 is 2.76 bits per heavy atom. The van der Waals surface area contributed by atoms with E-state index in [2.05, 4.69) is 31.2 Å². The predicted molar refractivity (Wildman–Crippen MR) is 84.3 cm³/mol. The van der Waals surface area contributed by atoms with Gasteiger partial charge in [-0.25, -0.2) is 0 Å². The molecule has 21 heavy (non-hydrogen) atoms. The molecule has 0 saturated heterocycles. The zero-order valence-corrected chi connectivity index (χ0v) is 13.2. The van der Waals surface area contributed by atoms with Crippen LogP contribution in [0.3, 0.4) is 0 Å². The first-order valence-corrected chi connectivity index (χ1v) is 8.39. The fourth-order valence-corrected chi connectivity index (χ4v) is 4.10. The van der Waals surface area contributed by atoms with Crippen molar-refractivity contribution in [2.45, 2.75) is 57.5 Å². The van der Waals surface area contributed by atoms with E-state index < -0.39 is 5.60 Å². The number of ether oxygens (including phenoxy) is 1. The van der Waals surface area contributed by atoms with Gasteiger partial charge in [0.05, 0.1) is 0 Å². The predicted octanol–water partition coefficient (Wildman–Crippen LogP) is 4.34. The van der Waals surface area contributed by atoms with Crippen molar-refractivity contribution in [1.29, 1.82) is 0 Å². The highest BCUT2D eigenvalue weighted by atomic mass is 16.5. The summed E-state index contributed by atoms with van der Waals surface area (Å²) in [5.74, 6) is 1.59. The van der Waals surface area contributed by atoms with Crippen LogP contribution in [0.1, 0.15) is 57.4 Å². The first kappa shape index (κ1) is 14.8. The van der Waals surface area contributed by atoms with E-state index in [0.717, 1.165) is 25.7 Å². The maximum Gasteiger partial charge on any atom is 0.168 e. The van der Waals surface area contributed by atoms with Gasteiger partial charge in [0, 0.05) is 12.5 Å². The lowest BCUT2D eigenvalue weighted by molar-refractivity contribution is -0.152. The number of carbonyl (C=O) groups excluding carboxylic acids is 1. The van der Waals surface area contributed by atoms with Crippen molar-refractivity contribution >= 4 is 5.78 Å². The molecule has 2 saturated carbocycles. The Morgan fingerprint density at radius 1 is 1.33 bits per heavy atom. The molecule has 4 unspecified atom stereocenters. The van der Waals surface area contributed by atoms with Crippen molar-refractivity contribution in [2.24, 2.45) is 11.8 Å². The Labute approximate surface area is 127 Å². The summed E-state index contributed by atoms with van der Waals surface area (Å²) in [6, 6.07) is 10.5. The topological polar surface area (TPSA) is 26.3 Å². The highest BCUT2D eigenvalue weighted by Gasteiger charge is 2.53. The third kappa shape index (κ3) is 2.91. The van der Waals surface area contributed by atoms with Crippen LogP contribution in [0.5, 0.6) is 0 Å². The molecule has 1 aromatic carbocycles. The summed E-state index contributed by atoms with van der Waals surface area (Å²) in [4.78, 5) is 13.1. The van der Waals surface area contributed by atoms with Gasteiger partial charge in [-0.15, -0.1) is 0 Å². The lowest BCUT2D eigenvalue weighted by atomic mass is 9.75. The number of carbonyl (C=O) groups is 1. The fraction of sp³-hybridized carbons (Fsp3) is 0.632. The lowest BCUT2D eigenvalue weighted by Crippen LogP contribution is -2.46. The van der Waals surface area contributed by atoms with Gasteiger partial charge in [0.25, 0.3) is 0 Å². The van der Waals surface area contributed by atoms with E-state index in [4.69, 9.17) is 4.74 Å². The fourth-order valence-electron chi connectivity index (χ4n) is 4.10. The largest absolute Gasteiger partial charge is 0.367 e. The molecule has 1 aromatic rings. The van der Waals surface area contributed by atoms with Gasteiger partial charge in [-0.1, -0.05) is 43.7 Å². The molecule has 2 fully saturated rings. The lowest BCUT2D eigenvalue weighted by Gasteiger charge is -2.38. The summed E-state index contributed by atoms with van der Waals surface area (Å²) in [5, 5.41) is 0. The highest BCUT2D eigenvalue weighted by molar-refractivity contribution is 5.92. The van der Waals surface area contributed by atoms with Crippen LogP contribution >= 0.6 is 0 Å². The van der Waals surface area contributed by atoms with Crippen LogP contribution in [0, 0.1) is 11.8 Å². The molecule has 2 heteroatoms. The maximum absolute atomic E-state index is 13.1. The van der Waals surface area contributed by atoms with E-state index in [1.165, 1.54) is 12.0 Å². The zero-order chi connectivity index (χ0) is 14.9. The van der Waals surface area contributed by atoms with E-state index in [-0.39, 0.29) is 5.92 Å². The van der Waals surface area contributed by atoms with Crippen molar-refractivity contribution in [1.82, 2.24) is 0 Å². The molecule has 2 nitrogen and oxygen atoms in total. The summed E-state index contributed by atoms with van der Waals surface area (Å²) >= 11 is 0. The Hall–Kier alpha value is -1.15. The molecule has 0 aromatic heterocycles. The molecule has 0 aliphatic heterocycles. The summed E-state index contributed by atoms with van der Waals surface area (Å²) in [7, 11) is 0. The number of Topliss-reactive ketones (excluding diaryl/α,β-unsaturated/α-hetero) is 1.